The van der Waals surface area contributed by atoms with Crippen LogP contribution in [0.5, 0.6) is 0 Å². The van der Waals surface area contributed by atoms with Gasteiger partial charge in [-0.05, 0) is 56.8 Å². The van der Waals surface area contributed by atoms with Crippen molar-refractivity contribution in [3.05, 3.63) is 0 Å². The molecule has 0 bridgehead atoms. The number of hydrogen-bond acceptors (Lipinski definition) is 6. The SMILES string of the molecule is C[Si](C)(OS(=O)(=O)C(F)(F)F)C1CCC(S(C)(C)OS(C)(=O)=O)CC1. The molecule has 25 heavy (non-hydrogen) atoms. The van der Waals surface area contributed by atoms with E-state index in [1.165, 1.54) is 13.1 Å². The topological polar surface area (TPSA) is 86.7 Å². The van der Waals surface area contributed by atoms with Gasteiger partial charge in [0, 0.05) is 5.25 Å². The molecular formula is C12H25F3O6S3Si. The third kappa shape index (κ3) is 6.38. The maximum absolute atomic E-state index is 12.5. The van der Waals surface area contributed by atoms with E-state index in [4.69, 9.17) is 3.63 Å². The van der Waals surface area contributed by atoms with Crippen molar-refractivity contribution in [3.63, 3.8) is 0 Å². The summed E-state index contributed by atoms with van der Waals surface area (Å²) in [5, 5.41) is -0.0116. The second-order valence-electron chi connectivity index (χ2n) is 7.14. The zero-order valence-corrected chi connectivity index (χ0v) is 18.2. The highest BCUT2D eigenvalue weighted by Gasteiger charge is 2.52. The van der Waals surface area contributed by atoms with E-state index in [0.717, 1.165) is 6.26 Å². The van der Waals surface area contributed by atoms with Crippen molar-refractivity contribution in [2.75, 3.05) is 18.8 Å². The Hall–Kier alpha value is 0.177. The minimum atomic E-state index is -5.61. The normalized spacial score (nSPS) is 25.0. The molecule has 0 aliphatic heterocycles. The number of hydrogen-bond donors (Lipinski definition) is 0. The second kappa shape index (κ2) is 7.30. The Morgan fingerprint density at radius 3 is 1.72 bits per heavy atom. The van der Waals surface area contributed by atoms with Gasteiger partial charge in [-0.1, -0.05) is 0 Å². The van der Waals surface area contributed by atoms with Crippen LogP contribution in [0.15, 0.2) is 0 Å². The summed E-state index contributed by atoms with van der Waals surface area (Å²) in [6.07, 6.45) is 6.57. The van der Waals surface area contributed by atoms with Gasteiger partial charge < -0.3 is 3.87 Å². The van der Waals surface area contributed by atoms with Crippen LogP contribution in [-0.2, 0) is 27.7 Å². The first-order valence-electron chi connectivity index (χ1n) is 7.52. The molecule has 0 aromatic rings. The van der Waals surface area contributed by atoms with Gasteiger partial charge in [-0.3, -0.25) is 0 Å². The molecular weight excluding hydrogens is 421 g/mol. The number of rotatable bonds is 6. The fourth-order valence-corrected chi connectivity index (χ4v) is 12.4. The molecule has 1 aliphatic carbocycles. The van der Waals surface area contributed by atoms with Gasteiger partial charge in [-0.15, -0.1) is 10.3 Å². The zero-order valence-electron chi connectivity index (χ0n) is 14.8. The van der Waals surface area contributed by atoms with Crippen LogP contribution < -0.4 is 0 Å². The summed E-state index contributed by atoms with van der Waals surface area (Å²) in [7, 11) is -14.2. The molecule has 152 valence electrons. The minimum absolute atomic E-state index is 0.0116. The van der Waals surface area contributed by atoms with Crippen molar-refractivity contribution in [3.8, 4) is 0 Å². The van der Waals surface area contributed by atoms with Gasteiger partial charge in [0.05, 0.1) is 6.26 Å². The molecule has 6 nitrogen and oxygen atoms in total. The van der Waals surface area contributed by atoms with Crippen LogP contribution in [0.25, 0.3) is 0 Å². The highest BCUT2D eigenvalue weighted by atomic mass is 32.3. The Bertz CT molecular complexity index is 679. The molecule has 0 N–H and O–H groups in total. The van der Waals surface area contributed by atoms with E-state index in [1.807, 2.05) is 0 Å². The average molecular weight is 447 g/mol. The van der Waals surface area contributed by atoms with E-state index in [2.05, 4.69) is 3.87 Å². The first-order chi connectivity index (χ1) is 10.9. The lowest BCUT2D eigenvalue weighted by Crippen LogP contribution is -2.44. The van der Waals surface area contributed by atoms with Crippen molar-refractivity contribution in [1.29, 1.82) is 0 Å². The van der Waals surface area contributed by atoms with Crippen molar-refractivity contribution in [2.24, 2.45) is 0 Å². The first kappa shape index (κ1) is 23.2. The van der Waals surface area contributed by atoms with Crippen LogP contribution in [0.1, 0.15) is 25.7 Å². The van der Waals surface area contributed by atoms with E-state index in [9.17, 15) is 30.0 Å². The predicted molar refractivity (Wildman–Crippen MR) is 94.9 cm³/mol. The molecule has 0 spiro atoms. The van der Waals surface area contributed by atoms with E-state index < -0.39 is 44.4 Å². The molecule has 1 fully saturated rings. The molecule has 13 heteroatoms. The van der Waals surface area contributed by atoms with Crippen molar-refractivity contribution >= 4 is 38.9 Å². The standard InChI is InChI=1S/C12H25F3O6S3Si/c1-22(2,20-23(3,16)17)10-6-8-11(9-7-10)25(4,5)21-24(18,19)12(13,14)15/h10-11H,6-9H2,1-5H3. The molecule has 0 aromatic heterocycles. The van der Waals surface area contributed by atoms with Crippen LogP contribution in [-0.4, -0.2) is 54.7 Å². The molecule has 0 saturated heterocycles. The zero-order chi connectivity index (χ0) is 19.9. The largest absolute Gasteiger partial charge is 0.522 e. The summed E-state index contributed by atoms with van der Waals surface area (Å²) in [6.45, 7) is 2.93. The van der Waals surface area contributed by atoms with Gasteiger partial charge in [-0.25, -0.2) is 3.63 Å². The lowest BCUT2D eigenvalue weighted by atomic mass is 9.99. The van der Waals surface area contributed by atoms with E-state index in [0.29, 0.717) is 25.7 Å². The minimum Gasteiger partial charge on any atom is -0.308 e. The van der Waals surface area contributed by atoms with Crippen molar-refractivity contribution in [1.82, 2.24) is 0 Å². The molecule has 1 aliphatic rings. The lowest BCUT2D eigenvalue weighted by Gasteiger charge is -2.44. The van der Waals surface area contributed by atoms with Gasteiger partial charge in [-0.2, -0.15) is 30.0 Å². The van der Waals surface area contributed by atoms with Crippen LogP contribution >= 0.6 is 10.3 Å². The Balaban J connectivity index is 2.79. The number of halogens is 3. The molecule has 0 radical (unpaired) electrons. The molecule has 1 saturated carbocycles. The summed E-state index contributed by atoms with van der Waals surface area (Å²) in [5.74, 6) is 0. The summed E-state index contributed by atoms with van der Waals surface area (Å²) in [4.78, 5) is 0. The monoisotopic (exact) mass is 446 g/mol. The Morgan fingerprint density at radius 1 is 0.920 bits per heavy atom. The van der Waals surface area contributed by atoms with E-state index in [-0.39, 0.29) is 10.8 Å². The second-order valence-corrected chi connectivity index (χ2v) is 18.4. The Kier molecular flexibility index (Phi) is 6.78. The van der Waals surface area contributed by atoms with Crippen molar-refractivity contribution < 1.29 is 37.5 Å². The van der Waals surface area contributed by atoms with E-state index >= 15 is 0 Å². The smallest absolute Gasteiger partial charge is 0.308 e. The Labute approximate surface area is 150 Å². The lowest BCUT2D eigenvalue weighted by molar-refractivity contribution is -0.0504. The highest BCUT2D eigenvalue weighted by Crippen LogP contribution is 2.55. The van der Waals surface area contributed by atoms with E-state index in [1.54, 1.807) is 12.5 Å². The van der Waals surface area contributed by atoms with Crippen LogP contribution in [0, 0.1) is 0 Å². The van der Waals surface area contributed by atoms with Gasteiger partial charge in [0.15, 0.2) is 0 Å². The maximum atomic E-state index is 12.5. The molecule has 0 amide bonds. The van der Waals surface area contributed by atoms with Gasteiger partial charge >= 0.3 is 15.6 Å². The fourth-order valence-electron chi connectivity index (χ4n) is 3.10. The summed E-state index contributed by atoms with van der Waals surface area (Å²) < 4.78 is 92.8. The molecule has 0 atom stereocenters. The van der Waals surface area contributed by atoms with Crippen LogP contribution in [0.4, 0.5) is 13.2 Å². The summed E-state index contributed by atoms with van der Waals surface area (Å²) in [5.41, 5.74) is -5.68. The third-order valence-corrected chi connectivity index (χ3v) is 14.5. The van der Waals surface area contributed by atoms with Gasteiger partial charge in [0.2, 0.25) is 8.32 Å². The van der Waals surface area contributed by atoms with Crippen LogP contribution in [0.2, 0.25) is 18.6 Å². The highest BCUT2D eigenvalue weighted by molar-refractivity contribution is 8.32. The fraction of sp³-hybridized carbons (Fsp3) is 1.00. The van der Waals surface area contributed by atoms with Crippen molar-refractivity contribution in [2.45, 2.75) is 55.1 Å². The van der Waals surface area contributed by atoms with Gasteiger partial charge in [0.25, 0.3) is 10.1 Å². The quantitative estimate of drug-likeness (QED) is 0.459. The molecule has 0 aromatic carbocycles. The third-order valence-electron chi connectivity index (χ3n) is 4.37. The van der Waals surface area contributed by atoms with Gasteiger partial charge in [0.1, 0.15) is 0 Å². The summed E-state index contributed by atoms with van der Waals surface area (Å²) in [6, 6.07) is 0. The molecule has 1 rings (SSSR count). The predicted octanol–water partition coefficient (Wildman–Crippen LogP) is 3.33. The first-order valence-corrected chi connectivity index (χ1v) is 16.2. The molecule has 0 unspecified atom stereocenters. The summed E-state index contributed by atoms with van der Waals surface area (Å²) >= 11 is 0. The average Bonchev–Trinajstić information content (AvgIpc) is 2.33. The Morgan fingerprint density at radius 2 is 1.36 bits per heavy atom. The number of alkyl halides is 3. The maximum Gasteiger partial charge on any atom is 0.522 e. The molecule has 0 heterocycles. The van der Waals surface area contributed by atoms with Crippen LogP contribution in [0.3, 0.4) is 0 Å².